The SMILES string of the molecule is CCC(=Cc1cnn(-c2cccnc2)c1)C(=O)O. The Bertz CT molecular complexity index is 573. The first-order valence-corrected chi connectivity index (χ1v) is 5.59. The Morgan fingerprint density at radius 2 is 2.33 bits per heavy atom. The topological polar surface area (TPSA) is 68.0 Å². The van der Waals surface area contributed by atoms with Gasteiger partial charge >= 0.3 is 5.97 Å². The number of pyridine rings is 1. The predicted octanol–water partition coefficient (Wildman–Crippen LogP) is 2.15. The van der Waals surface area contributed by atoms with E-state index in [0.29, 0.717) is 12.0 Å². The van der Waals surface area contributed by atoms with E-state index in [-0.39, 0.29) is 0 Å². The zero-order chi connectivity index (χ0) is 13.0. The van der Waals surface area contributed by atoms with Gasteiger partial charge in [0.25, 0.3) is 0 Å². The summed E-state index contributed by atoms with van der Waals surface area (Å²) in [7, 11) is 0. The van der Waals surface area contributed by atoms with Crippen molar-refractivity contribution in [3.05, 3.63) is 48.1 Å². The van der Waals surface area contributed by atoms with Crippen LogP contribution in [0.25, 0.3) is 11.8 Å². The Hall–Kier alpha value is -2.43. The molecule has 0 saturated heterocycles. The zero-order valence-electron chi connectivity index (χ0n) is 9.95. The van der Waals surface area contributed by atoms with Gasteiger partial charge in [0, 0.05) is 23.5 Å². The third kappa shape index (κ3) is 2.63. The molecule has 5 nitrogen and oxygen atoms in total. The summed E-state index contributed by atoms with van der Waals surface area (Å²) in [6, 6.07) is 3.70. The van der Waals surface area contributed by atoms with Crippen molar-refractivity contribution in [2.45, 2.75) is 13.3 Å². The van der Waals surface area contributed by atoms with Crippen molar-refractivity contribution in [1.29, 1.82) is 0 Å². The second-order valence-corrected chi connectivity index (χ2v) is 3.76. The van der Waals surface area contributed by atoms with Crippen LogP contribution in [0.15, 0.2) is 42.5 Å². The van der Waals surface area contributed by atoms with Crippen molar-refractivity contribution in [1.82, 2.24) is 14.8 Å². The normalized spacial score (nSPS) is 11.5. The number of nitrogens with zero attached hydrogens (tertiary/aromatic N) is 3. The molecule has 0 fully saturated rings. The molecule has 0 amide bonds. The lowest BCUT2D eigenvalue weighted by Gasteiger charge is -1.98. The van der Waals surface area contributed by atoms with Gasteiger partial charge < -0.3 is 5.11 Å². The molecule has 0 atom stereocenters. The number of rotatable bonds is 4. The molecular weight excluding hydrogens is 230 g/mol. The third-order valence-corrected chi connectivity index (χ3v) is 2.51. The van der Waals surface area contributed by atoms with E-state index in [0.717, 1.165) is 11.3 Å². The molecule has 0 spiro atoms. The predicted molar refractivity (Wildman–Crippen MR) is 67.3 cm³/mol. The third-order valence-electron chi connectivity index (χ3n) is 2.51. The average Bonchev–Trinajstić information content (AvgIpc) is 2.85. The summed E-state index contributed by atoms with van der Waals surface area (Å²) in [6.07, 6.45) is 8.89. The lowest BCUT2D eigenvalue weighted by Crippen LogP contribution is -1.98. The number of aliphatic carboxylic acids is 1. The second-order valence-electron chi connectivity index (χ2n) is 3.76. The Kier molecular flexibility index (Phi) is 3.52. The summed E-state index contributed by atoms with van der Waals surface area (Å²) in [4.78, 5) is 14.9. The van der Waals surface area contributed by atoms with Gasteiger partial charge in [0.05, 0.1) is 18.1 Å². The highest BCUT2D eigenvalue weighted by Gasteiger charge is 2.05. The number of hydrogen-bond acceptors (Lipinski definition) is 3. The van der Waals surface area contributed by atoms with E-state index < -0.39 is 5.97 Å². The maximum absolute atomic E-state index is 10.9. The molecule has 0 unspecified atom stereocenters. The summed E-state index contributed by atoms with van der Waals surface area (Å²) in [5, 5.41) is 13.1. The molecule has 92 valence electrons. The maximum Gasteiger partial charge on any atom is 0.331 e. The smallest absolute Gasteiger partial charge is 0.331 e. The summed E-state index contributed by atoms with van der Waals surface area (Å²) in [5.41, 5.74) is 1.96. The molecule has 0 aliphatic carbocycles. The van der Waals surface area contributed by atoms with Crippen LogP contribution < -0.4 is 0 Å². The average molecular weight is 243 g/mol. The number of hydrogen-bond donors (Lipinski definition) is 1. The monoisotopic (exact) mass is 243 g/mol. The highest BCUT2D eigenvalue weighted by atomic mass is 16.4. The molecule has 2 aromatic heterocycles. The van der Waals surface area contributed by atoms with Crippen LogP contribution in [-0.4, -0.2) is 25.8 Å². The van der Waals surface area contributed by atoms with Crippen molar-refractivity contribution in [2.24, 2.45) is 0 Å². The minimum atomic E-state index is -0.897. The first-order chi connectivity index (χ1) is 8.70. The largest absolute Gasteiger partial charge is 0.478 e. The van der Waals surface area contributed by atoms with Gasteiger partial charge in [-0.2, -0.15) is 5.10 Å². The van der Waals surface area contributed by atoms with Gasteiger partial charge in [-0.25, -0.2) is 9.48 Å². The fraction of sp³-hybridized carbons (Fsp3) is 0.154. The molecule has 2 rings (SSSR count). The van der Waals surface area contributed by atoms with E-state index >= 15 is 0 Å². The van der Waals surface area contributed by atoms with E-state index in [1.807, 2.05) is 19.1 Å². The molecule has 0 aromatic carbocycles. The van der Waals surface area contributed by atoms with Crippen molar-refractivity contribution in [3.8, 4) is 5.69 Å². The van der Waals surface area contributed by atoms with E-state index in [2.05, 4.69) is 10.1 Å². The molecular formula is C13H13N3O2. The lowest BCUT2D eigenvalue weighted by atomic mass is 10.1. The Labute approximate surface area is 104 Å². The standard InChI is InChI=1S/C13H13N3O2/c1-2-11(13(17)18)6-10-7-15-16(9-10)12-4-3-5-14-8-12/h3-9H,2H2,1H3,(H,17,18). The second kappa shape index (κ2) is 5.27. The van der Waals surface area contributed by atoms with Gasteiger partial charge in [0.1, 0.15) is 0 Å². The molecule has 5 heteroatoms. The van der Waals surface area contributed by atoms with Crippen molar-refractivity contribution < 1.29 is 9.90 Å². The quantitative estimate of drug-likeness (QED) is 0.835. The van der Waals surface area contributed by atoms with Crippen molar-refractivity contribution in [3.63, 3.8) is 0 Å². The number of carboxylic acid groups (broad SMARTS) is 1. The first kappa shape index (κ1) is 12.0. The van der Waals surface area contributed by atoms with Crippen LogP contribution in [0.3, 0.4) is 0 Å². The van der Waals surface area contributed by atoms with E-state index in [9.17, 15) is 4.79 Å². The molecule has 0 aliphatic rings. The molecule has 18 heavy (non-hydrogen) atoms. The molecule has 2 heterocycles. The van der Waals surface area contributed by atoms with Crippen molar-refractivity contribution in [2.75, 3.05) is 0 Å². The summed E-state index contributed by atoms with van der Waals surface area (Å²) in [6.45, 7) is 1.81. The van der Waals surface area contributed by atoms with Crippen LogP contribution in [0.1, 0.15) is 18.9 Å². The Balaban J connectivity index is 2.29. The fourth-order valence-corrected chi connectivity index (χ4v) is 1.56. The molecule has 0 aliphatic heterocycles. The van der Waals surface area contributed by atoms with Crippen LogP contribution in [-0.2, 0) is 4.79 Å². The summed E-state index contributed by atoms with van der Waals surface area (Å²) in [5.74, 6) is -0.897. The molecule has 1 N–H and O–H groups in total. The fourth-order valence-electron chi connectivity index (χ4n) is 1.56. The minimum absolute atomic E-state index is 0.362. The lowest BCUT2D eigenvalue weighted by molar-refractivity contribution is -0.132. The van der Waals surface area contributed by atoms with Crippen LogP contribution in [0, 0.1) is 0 Å². The van der Waals surface area contributed by atoms with Gasteiger partial charge in [-0.1, -0.05) is 6.92 Å². The summed E-state index contributed by atoms with van der Waals surface area (Å²) >= 11 is 0. The van der Waals surface area contributed by atoms with Crippen LogP contribution in [0.4, 0.5) is 0 Å². The van der Waals surface area contributed by atoms with E-state index in [1.54, 1.807) is 35.5 Å². The minimum Gasteiger partial charge on any atom is -0.478 e. The number of carbonyl (C=O) groups is 1. The molecule has 0 radical (unpaired) electrons. The van der Waals surface area contributed by atoms with E-state index in [1.165, 1.54) is 0 Å². The Morgan fingerprint density at radius 3 is 2.94 bits per heavy atom. The van der Waals surface area contributed by atoms with E-state index in [4.69, 9.17) is 5.11 Å². The van der Waals surface area contributed by atoms with Gasteiger partial charge in [0.15, 0.2) is 0 Å². The highest BCUT2D eigenvalue weighted by Crippen LogP contribution is 2.11. The summed E-state index contributed by atoms with van der Waals surface area (Å²) < 4.78 is 1.66. The first-order valence-electron chi connectivity index (χ1n) is 5.59. The molecule has 0 bridgehead atoms. The maximum atomic E-state index is 10.9. The van der Waals surface area contributed by atoms with Crippen LogP contribution >= 0.6 is 0 Å². The number of aromatic nitrogens is 3. The van der Waals surface area contributed by atoms with Gasteiger partial charge in [-0.3, -0.25) is 4.98 Å². The highest BCUT2D eigenvalue weighted by molar-refractivity contribution is 5.91. The van der Waals surface area contributed by atoms with Gasteiger partial charge in [-0.05, 0) is 24.6 Å². The molecule has 0 saturated carbocycles. The Morgan fingerprint density at radius 1 is 1.50 bits per heavy atom. The zero-order valence-corrected chi connectivity index (χ0v) is 9.95. The number of carboxylic acids is 1. The molecule has 2 aromatic rings. The van der Waals surface area contributed by atoms with Gasteiger partial charge in [-0.15, -0.1) is 0 Å². The van der Waals surface area contributed by atoms with Crippen LogP contribution in [0.2, 0.25) is 0 Å². The van der Waals surface area contributed by atoms with Gasteiger partial charge in [0.2, 0.25) is 0 Å². The van der Waals surface area contributed by atoms with Crippen molar-refractivity contribution >= 4 is 12.0 Å². The van der Waals surface area contributed by atoms with Crippen LogP contribution in [0.5, 0.6) is 0 Å².